The largest absolute Gasteiger partial charge is 0.388 e. The van der Waals surface area contributed by atoms with E-state index >= 15 is 0 Å². The van der Waals surface area contributed by atoms with Crippen molar-refractivity contribution in [3.63, 3.8) is 0 Å². The summed E-state index contributed by atoms with van der Waals surface area (Å²) in [5, 5.41) is 9.71. The predicted octanol–water partition coefficient (Wildman–Crippen LogP) is 0.705. The minimum atomic E-state index is -0.682. The second-order valence-corrected chi connectivity index (χ2v) is 4.10. The second-order valence-electron chi connectivity index (χ2n) is 4.10. The molecule has 2 heterocycles. The molecule has 70 valence electrons. The molecule has 2 fully saturated rings. The summed E-state index contributed by atoms with van der Waals surface area (Å²) in [5.74, 6) is 0. The van der Waals surface area contributed by atoms with Gasteiger partial charge in [0.1, 0.15) is 0 Å². The van der Waals surface area contributed by atoms with Gasteiger partial charge in [-0.05, 0) is 19.8 Å². The Kier molecular flexibility index (Phi) is 2.10. The Hall–Kier alpha value is -0.120. The molecular weight excluding hydrogens is 156 g/mol. The topological polar surface area (TPSA) is 38.7 Å². The van der Waals surface area contributed by atoms with Gasteiger partial charge in [-0.1, -0.05) is 0 Å². The lowest BCUT2D eigenvalue weighted by molar-refractivity contribution is -0.196. The lowest BCUT2D eigenvalue weighted by Crippen LogP contribution is -2.50. The average molecular weight is 172 g/mol. The number of hydrogen-bond acceptors (Lipinski definition) is 3. The van der Waals surface area contributed by atoms with Crippen LogP contribution in [0, 0.1) is 0 Å². The maximum absolute atomic E-state index is 9.71. The molecule has 2 aliphatic rings. The molecule has 0 radical (unpaired) electrons. The van der Waals surface area contributed by atoms with E-state index in [0.29, 0.717) is 6.61 Å². The fraction of sp³-hybridized carbons (Fsp3) is 1.00. The minimum absolute atomic E-state index is 0.127. The van der Waals surface area contributed by atoms with Crippen LogP contribution in [0.5, 0.6) is 0 Å². The van der Waals surface area contributed by atoms with Gasteiger partial charge >= 0.3 is 0 Å². The van der Waals surface area contributed by atoms with Crippen molar-refractivity contribution in [2.45, 2.75) is 44.0 Å². The van der Waals surface area contributed by atoms with Crippen molar-refractivity contribution in [1.82, 2.24) is 0 Å². The summed E-state index contributed by atoms with van der Waals surface area (Å²) in [6.07, 6.45) is 3.25. The van der Waals surface area contributed by atoms with E-state index in [-0.39, 0.29) is 12.2 Å². The maximum Gasteiger partial charge on any atom is 0.0878 e. The van der Waals surface area contributed by atoms with Crippen LogP contribution in [0.15, 0.2) is 0 Å². The van der Waals surface area contributed by atoms with Crippen LogP contribution in [-0.4, -0.2) is 36.1 Å². The van der Waals surface area contributed by atoms with Crippen LogP contribution in [-0.2, 0) is 9.47 Å². The summed E-state index contributed by atoms with van der Waals surface area (Å²) in [5.41, 5.74) is -0.682. The van der Waals surface area contributed by atoms with Gasteiger partial charge in [-0.15, -0.1) is 0 Å². The molecule has 3 nitrogen and oxygen atoms in total. The van der Waals surface area contributed by atoms with Gasteiger partial charge in [-0.3, -0.25) is 0 Å². The van der Waals surface area contributed by atoms with E-state index in [1.54, 1.807) is 6.92 Å². The lowest BCUT2D eigenvalue weighted by atomic mass is 9.90. The molecule has 2 saturated heterocycles. The normalized spacial score (nSPS) is 48.5. The van der Waals surface area contributed by atoms with E-state index in [1.165, 1.54) is 0 Å². The highest BCUT2D eigenvalue weighted by molar-refractivity contribution is 4.88. The van der Waals surface area contributed by atoms with Gasteiger partial charge < -0.3 is 14.6 Å². The van der Waals surface area contributed by atoms with Crippen molar-refractivity contribution in [3.05, 3.63) is 0 Å². The monoisotopic (exact) mass is 172 g/mol. The number of hydrogen-bond donors (Lipinski definition) is 1. The first kappa shape index (κ1) is 8.48. The summed E-state index contributed by atoms with van der Waals surface area (Å²) in [7, 11) is 0. The zero-order valence-electron chi connectivity index (χ0n) is 7.45. The number of fused-ring (bicyclic) bond motifs is 1. The average Bonchev–Trinajstić information content (AvgIpc) is 2.02. The molecule has 2 rings (SSSR count). The van der Waals surface area contributed by atoms with Gasteiger partial charge in [0, 0.05) is 13.0 Å². The van der Waals surface area contributed by atoms with E-state index < -0.39 is 5.60 Å². The standard InChI is InChI=1S/C9H16O3/c1-9(10)5-8-7(12-6-9)3-2-4-11-8/h7-8,10H,2-6H2,1H3/t7-,8+,9+/m1/s1. The first-order valence-corrected chi connectivity index (χ1v) is 4.63. The van der Waals surface area contributed by atoms with E-state index in [2.05, 4.69) is 0 Å². The Morgan fingerprint density at radius 1 is 1.33 bits per heavy atom. The fourth-order valence-electron chi connectivity index (χ4n) is 1.97. The van der Waals surface area contributed by atoms with Crippen LogP contribution in [0.4, 0.5) is 0 Å². The van der Waals surface area contributed by atoms with Crippen LogP contribution in [0.1, 0.15) is 26.2 Å². The Balaban J connectivity index is 1.99. The van der Waals surface area contributed by atoms with Gasteiger partial charge in [0.15, 0.2) is 0 Å². The molecular formula is C9H16O3. The molecule has 0 bridgehead atoms. The molecule has 12 heavy (non-hydrogen) atoms. The van der Waals surface area contributed by atoms with Crippen molar-refractivity contribution >= 4 is 0 Å². The lowest BCUT2D eigenvalue weighted by Gasteiger charge is -2.41. The Morgan fingerprint density at radius 2 is 2.17 bits per heavy atom. The van der Waals surface area contributed by atoms with Crippen molar-refractivity contribution in [2.24, 2.45) is 0 Å². The molecule has 0 unspecified atom stereocenters. The van der Waals surface area contributed by atoms with Crippen LogP contribution in [0.2, 0.25) is 0 Å². The SMILES string of the molecule is C[C@@]1(O)CO[C@@H]2CCCO[C@H]2C1. The van der Waals surface area contributed by atoms with Crippen molar-refractivity contribution in [1.29, 1.82) is 0 Å². The molecule has 0 saturated carbocycles. The van der Waals surface area contributed by atoms with Crippen molar-refractivity contribution in [2.75, 3.05) is 13.2 Å². The first-order chi connectivity index (χ1) is 5.67. The predicted molar refractivity (Wildman–Crippen MR) is 44.0 cm³/mol. The third-order valence-corrected chi connectivity index (χ3v) is 2.63. The van der Waals surface area contributed by atoms with E-state index in [9.17, 15) is 5.11 Å². The van der Waals surface area contributed by atoms with Gasteiger partial charge in [-0.2, -0.15) is 0 Å². The van der Waals surface area contributed by atoms with Crippen LogP contribution < -0.4 is 0 Å². The number of ether oxygens (including phenoxy) is 2. The third-order valence-electron chi connectivity index (χ3n) is 2.63. The molecule has 3 atom stereocenters. The Bertz CT molecular complexity index is 167. The Labute approximate surface area is 72.7 Å². The summed E-state index contributed by atoms with van der Waals surface area (Å²) in [6, 6.07) is 0. The van der Waals surface area contributed by atoms with Gasteiger partial charge in [0.2, 0.25) is 0 Å². The summed E-state index contributed by atoms with van der Waals surface area (Å²) in [4.78, 5) is 0. The maximum atomic E-state index is 9.71. The van der Waals surface area contributed by atoms with Gasteiger partial charge in [-0.25, -0.2) is 0 Å². The zero-order valence-corrected chi connectivity index (χ0v) is 7.45. The minimum Gasteiger partial charge on any atom is -0.388 e. The van der Waals surface area contributed by atoms with Crippen molar-refractivity contribution < 1.29 is 14.6 Å². The smallest absolute Gasteiger partial charge is 0.0878 e. The molecule has 0 aromatic heterocycles. The number of aliphatic hydroxyl groups is 1. The highest BCUT2D eigenvalue weighted by atomic mass is 16.6. The molecule has 3 heteroatoms. The molecule has 0 aromatic rings. The molecule has 1 N–H and O–H groups in total. The number of rotatable bonds is 0. The highest BCUT2D eigenvalue weighted by Gasteiger charge is 2.39. The molecule has 2 aliphatic heterocycles. The fourth-order valence-corrected chi connectivity index (χ4v) is 1.97. The highest BCUT2D eigenvalue weighted by Crippen LogP contribution is 2.30. The summed E-state index contributed by atoms with van der Waals surface area (Å²) < 4.78 is 11.1. The Morgan fingerprint density at radius 3 is 3.00 bits per heavy atom. The van der Waals surface area contributed by atoms with Crippen LogP contribution in [0.25, 0.3) is 0 Å². The molecule has 0 amide bonds. The van der Waals surface area contributed by atoms with Crippen LogP contribution >= 0.6 is 0 Å². The van der Waals surface area contributed by atoms with E-state index in [1.807, 2.05) is 0 Å². The first-order valence-electron chi connectivity index (χ1n) is 4.63. The molecule has 0 aromatic carbocycles. The van der Waals surface area contributed by atoms with Gasteiger partial charge in [0.25, 0.3) is 0 Å². The summed E-state index contributed by atoms with van der Waals surface area (Å²) >= 11 is 0. The zero-order chi connectivity index (χ0) is 8.60. The van der Waals surface area contributed by atoms with E-state index in [0.717, 1.165) is 25.9 Å². The van der Waals surface area contributed by atoms with Crippen LogP contribution in [0.3, 0.4) is 0 Å². The molecule has 0 spiro atoms. The molecule has 0 aliphatic carbocycles. The third kappa shape index (κ3) is 1.63. The second kappa shape index (κ2) is 2.98. The van der Waals surface area contributed by atoms with E-state index in [4.69, 9.17) is 9.47 Å². The van der Waals surface area contributed by atoms with Crippen molar-refractivity contribution in [3.8, 4) is 0 Å². The quantitative estimate of drug-likeness (QED) is 0.584. The summed E-state index contributed by atoms with van der Waals surface area (Å²) in [6.45, 7) is 3.08. The van der Waals surface area contributed by atoms with Gasteiger partial charge in [0.05, 0.1) is 24.4 Å².